The summed E-state index contributed by atoms with van der Waals surface area (Å²) >= 11 is 1.42. The van der Waals surface area contributed by atoms with E-state index in [-0.39, 0.29) is 12.8 Å². The van der Waals surface area contributed by atoms with Crippen LogP contribution >= 0.6 is 11.8 Å². The summed E-state index contributed by atoms with van der Waals surface area (Å²) in [6.07, 6.45) is 3.00. The van der Waals surface area contributed by atoms with Crippen molar-refractivity contribution in [3.05, 3.63) is 18.2 Å². The van der Waals surface area contributed by atoms with Crippen LogP contribution in [-0.2, 0) is 30.4 Å². The minimum Gasteiger partial charge on any atom is -0.480 e. The van der Waals surface area contributed by atoms with E-state index in [0.717, 1.165) is 0 Å². The Kier molecular flexibility index (Phi) is 12.0. The quantitative estimate of drug-likeness (QED) is 0.120. The summed E-state index contributed by atoms with van der Waals surface area (Å²) in [7, 11) is 0. The lowest BCUT2D eigenvalue weighted by Crippen LogP contribution is -2.60. The summed E-state index contributed by atoms with van der Waals surface area (Å²) in [5.74, 6) is -4.42. The van der Waals surface area contributed by atoms with Crippen molar-refractivity contribution in [2.75, 3.05) is 12.0 Å². The molecule has 10 N–H and O–H groups in total. The van der Waals surface area contributed by atoms with Gasteiger partial charge in [0.25, 0.3) is 0 Å². The number of carboxylic acids is 1. The van der Waals surface area contributed by atoms with E-state index in [1.165, 1.54) is 31.2 Å². The molecular formula is C19H31N7O7S. The number of aromatic nitrogens is 2. The molecule has 0 saturated heterocycles. The first kappa shape index (κ1) is 28.9. The van der Waals surface area contributed by atoms with Gasteiger partial charge in [-0.1, -0.05) is 0 Å². The lowest BCUT2D eigenvalue weighted by molar-refractivity contribution is -0.144. The Morgan fingerprint density at radius 1 is 1.12 bits per heavy atom. The molecule has 14 nitrogen and oxygen atoms in total. The van der Waals surface area contributed by atoms with Crippen LogP contribution in [0.1, 0.15) is 25.5 Å². The highest BCUT2D eigenvalue weighted by Crippen LogP contribution is 2.05. The maximum absolute atomic E-state index is 12.9. The summed E-state index contributed by atoms with van der Waals surface area (Å²) < 4.78 is 0. The van der Waals surface area contributed by atoms with Crippen LogP contribution in [0.25, 0.3) is 0 Å². The molecule has 0 radical (unpaired) electrons. The normalized spacial score (nSPS) is 15.3. The number of aromatic amines is 1. The van der Waals surface area contributed by atoms with Crippen molar-refractivity contribution in [1.82, 2.24) is 25.9 Å². The summed E-state index contributed by atoms with van der Waals surface area (Å²) in [4.78, 5) is 66.9. The smallest absolute Gasteiger partial charge is 0.326 e. The predicted octanol–water partition coefficient (Wildman–Crippen LogP) is -3.17. The van der Waals surface area contributed by atoms with E-state index >= 15 is 0 Å². The maximum Gasteiger partial charge on any atom is 0.326 e. The Balaban J connectivity index is 2.89. The van der Waals surface area contributed by atoms with Crippen molar-refractivity contribution in [1.29, 1.82) is 0 Å². The number of nitrogens with zero attached hydrogens (tertiary/aromatic N) is 1. The Morgan fingerprint density at radius 3 is 2.26 bits per heavy atom. The van der Waals surface area contributed by atoms with Crippen LogP contribution in [-0.4, -0.2) is 92.1 Å². The third-order valence-corrected chi connectivity index (χ3v) is 5.30. The minimum absolute atomic E-state index is 0.151. The number of nitrogens with one attached hydrogen (secondary N) is 4. The molecule has 0 aromatic carbocycles. The summed E-state index contributed by atoms with van der Waals surface area (Å²) in [6, 6.07) is -5.26. The number of carbonyl (C=O) groups is 5. The third kappa shape index (κ3) is 9.76. The van der Waals surface area contributed by atoms with Crippen molar-refractivity contribution in [2.45, 2.75) is 56.5 Å². The van der Waals surface area contributed by atoms with Gasteiger partial charge in [-0.2, -0.15) is 11.8 Å². The first-order valence-electron chi connectivity index (χ1n) is 10.3. The van der Waals surface area contributed by atoms with Crippen LogP contribution in [0.3, 0.4) is 0 Å². The zero-order valence-corrected chi connectivity index (χ0v) is 19.6. The van der Waals surface area contributed by atoms with Crippen LogP contribution in [0.5, 0.6) is 0 Å². The molecule has 1 heterocycles. The van der Waals surface area contributed by atoms with E-state index in [4.69, 9.17) is 16.6 Å². The lowest BCUT2D eigenvalue weighted by atomic mass is 10.1. The summed E-state index contributed by atoms with van der Waals surface area (Å²) in [5.41, 5.74) is 11.5. The molecule has 5 atom stereocenters. The fourth-order valence-corrected chi connectivity index (χ4v) is 3.30. The van der Waals surface area contributed by atoms with Gasteiger partial charge >= 0.3 is 5.97 Å². The number of rotatable bonds is 15. The largest absolute Gasteiger partial charge is 0.480 e. The van der Waals surface area contributed by atoms with Gasteiger partial charge in [-0.15, -0.1) is 0 Å². The number of amides is 4. The Hall–Kier alpha value is -3.17. The first-order valence-corrected chi connectivity index (χ1v) is 11.7. The molecule has 0 saturated carbocycles. The number of aliphatic carboxylic acids is 1. The SMILES string of the molecule is CSCCC(NC(=O)C(N)Cc1cnc[nH]1)C(=O)NC(C(=O)NC(CC(N)=O)C(=O)O)C(C)O. The summed E-state index contributed by atoms with van der Waals surface area (Å²) in [5, 5.41) is 26.1. The zero-order valence-electron chi connectivity index (χ0n) is 18.8. The number of thioether (sulfide) groups is 1. The Bertz CT molecular complexity index is 850. The molecule has 4 amide bonds. The molecule has 1 aromatic rings. The molecule has 5 unspecified atom stereocenters. The van der Waals surface area contributed by atoms with Crippen LogP contribution in [0.2, 0.25) is 0 Å². The second kappa shape index (κ2) is 14.2. The fraction of sp³-hybridized carbons (Fsp3) is 0.579. The molecule has 0 bridgehead atoms. The van der Waals surface area contributed by atoms with Gasteiger partial charge in [0, 0.05) is 18.3 Å². The van der Waals surface area contributed by atoms with E-state index in [9.17, 15) is 29.1 Å². The van der Waals surface area contributed by atoms with Gasteiger partial charge < -0.3 is 42.6 Å². The third-order valence-electron chi connectivity index (χ3n) is 4.66. The van der Waals surface area contributed by atoms with Gasteiger partial charge in [-0.25, -0.2) is 9.78 Å². The molecule has 0 spiro atoms. The monoisotopic (exact) mass is 501 g/mol. The van der Waals surface area contributed by atoms with Gasteiger partial charge in [-0.3, -0.25) is 19.2 Å². The van der Waals surface area contributed by atoms with Crippen LogP contribution < -0.4 is 27.4 Å². The fourth-order valence-electron chi connectivity index (χ4n) is 2.83. The summed E-state index contributed by atoms with van der Waals surface area (Å²) in [6.45, 7) is 1.21. The van der Waals surface area contributed by atoms with Crippen LogP contribution in [0, 0.1) is 0 Å². The molecule has 190 valence electrons. The predicted molar refractivity (Wildman–Crippen MR) is 122 cm³/mol. The number of hydrogen-bond acceptors (Lipinski definition) is 9. The van der Waals surface area contributed by atoms with Crippen molar-refractivity contribution in [2.24, 2.45) is 11.5 Å². The number of H-pyrrole nitrogens is 1. The second-order valence-electron chi connectivity index (χ2n) is 7.53. The molecule has 0 aliphatic heterocycles. The number of carbonyl (C=O) groups excluding carboxylic acids is 4. The van der Waals surface area contributed by atoms with Gasteiger partial charge in [0.15, 0.2) is 0 Å². The van der Waals surface area contributed by atoms with E-state index in [1.807, 2.05) is 0 Å². The lowest BCUT2D eigenvalue weighted by Gasteiger charge is -2.26. The Labute approximate surface area is 200 Å². The molecular weight excluding hydrogens is 470 g/mol. The standard InChI is InChI=1S/C19H31N7O7S/c1-9(27)15(18(31)25-13(19(32)33)6-14(21)28)26-17(30)12(3-4-34-2)24-16(29)11(20)5-10-7-22-8-23-10/h7-9,11-13,15,27H,3-6,20H2,1-2H3,(H2,21,28)(H,22,23)(H,24,29)(H,25,31)(H,26,30)(H,32,33). The molecule has 0 fully saturated rings. The topological polar surface area (TPSA) is 243 Å². The molecule has 1 aromatic heterocycles. The van der Waals surface area contributed by atoms with Gasteiger partial charge in [-0.05, 0) is 25.4 Å². The van der Waals surface area contributed by atoms with Gasteiger partial charge in [0.05, 0.1) is 24.9 Å². The van der Waals surface area contributed by atoms with E-state index < -0.39 is 66.3 Å². The van der Waals surface area contributed by atoms with Crippen LogP contribution in [0.4, 0.5) is 0 Å². The number of aliphatic hydroxyl groups excluding tert-OH is 1. The number of primary amides is 1. The Morgan fingerprint density at radius 2 is 1.76 bits per heavy atom. The molecule has 34 heavy (non-hydrogen) atoms. The highest BCUT2D eigenvalue weighted by atomic mass is 32.2. The molecule has 0 aliphatic rings. The van der Waals surface area contributed by atoms with Gasteiger partial charge in [0.1, 0.15) is 18.1 Å². The highest BCUT2D eigenvalue weighted by Gasteiger charge is 2.33. The zero-order chi connectivity index (χ0) is 25.8. The number of hydrogen-bond donors (Lipinski definition) is 8. The second-order valence-corrected chi connectivity index (χ2v) is 8.51. The molecule has 0 aliphatic carbocycles. The highest BCUT2D eigenvalue weighted by molar-refractivity contribution is 7.98. The first-order chi connectivity index (χ1) is 16.0. The number of imidazole rings is 1. The van der Waals surface area contributed by atoms with Crippen molar-refractivity contribution < 1.29 is 34.2 Å². The number of nitrogens with two attached hydrogens (primary N) is 2. The average Bonchev–Trinajstić information content (AvgIpc) is 3.26. The van der Waals surface area contributed by atoms with Gasteiger partial charge in [0.2, 0.25) is 23.6 Å². The van der Waals surface area contributed by atoms with Crippen molar-refractivity contribution in [3.8, 4) is 0 Å². The average molecular weight is 502 g/mol. The molecule has 15 heteroatoms. The van der Waals surface area contributed by atoms with Crippen molar-refractivity contribution in [3.63, 3.8) is 0 Å². The van der Waals surface area contributed by atoms with Crippen molar-refractivity contribution >= 4 is 41.4 Å². The number of carboxylic acid groups (broad SMARTS) is 1. The molecule has 1 rings (SSSR count). The minimum atomic E-state index is -1.64. The van der Waals surface area contributed by atoms with E-state index in [2.05, 4.69) is 25.9 Å². The number of aliphatic hydroxyl groups is 1. The maximum atomic E-state index is 12.9. The van der Waals surface area contributed by atoms with E-state index in [1.54, 1.807) is 6.26 Å². The van der Waals surface area contributed by atoms with Crippen LogP contribution in [0.15, 0.2) is 12.5 Å². The van der Waals surface area contributed by atoms with E-state index in [0.29, 0.717) is 11.4 Å².